The summed E-state index contributed by atoms with van der Waals surface area (Å²) in [5.74, 6) is 0.830. The summed E-state index contributed by atoms with van der Waals surface area (Å²) >= 11 is 4.01. The van der Waals surface area contributed by atoms with Crippen molar-refractivity contribution in [3.63, 3.8) is 0 Å². The second-order valence-corrected chi connectivity index (χ2v) is 2.44. The third-order valence-electron chi connectivity index (χ3n) is 1.14. The van der Waals surface area contributed by atoms with E-state index in [-0.39, 0.29) is 6.10 Å². The van der Waals surface area contributed by atoms with E-state index in [0.29, 0.717) is 6.54 Å². The third kappa shape index (κ3) is 6.15. The standard InChI is InChI=1S/C6H15NOS/c1-2-6(8)5-7-3-4-9/h6-9H,2-5H2,1H3/t6-/m1/s1. The summed E-state index contributed by atoms with van der Waals surface area (Å²) in [4.78, 5) is 0. The molecule has 56 valence electrons. The Bertz CT molecular complexity index is 61.0. The van der Waals surface area contributed by atoms with Crippen molar-refractivity contribution in [3.05, 3.63) is 0 Å². The topological polar surface area (TPSA) is 32.3 Å². The maximum atomic E-state index is 9.00. The Kier molecular flexibility index (Phi) is 6.58. The van der Waals surface area contributed by atoms with Crippen LogP contribution in [-0.4, -0.2) is 30.1 Å². The highest BCUT2D eigenvalue weighted by Crippen LogP contribution is 1.85. The molecule has 0 radical (unpaired) electrons. The highest BCUT2D eigenvalue weighted by atomic mass is 32.1. The predicted octanol–water partition coefficient (Wildman–Crippen LogP) is 0.277. The van der Waals surface area contributed by atoms with E-state index in [1.807, 2.05) is 6.92 Å². The summed E-state index contributed by atoms with van der Waals surface area (Å²) in [5, 5.41) is 12.1. The lowest BCUT2D eigenvalue weighted by atomic mass is 10.3. The average Bonchev–Trinajstić information content (AvgIpc) is 1.89. The Morgan fingerprint density at radius 1 is 1.67 bits per heavy atom. The van der Waals surface area contributed by atoms with Crippen LogP contribution in [0.3, 0.4) is 0 Å². The summed E-state index contributed by atoms with van der Waals surface area (Å²) in [6.07, 6.45) is 0.629. The molecular weight excluding hydrogens is 134 g/mol. The summed E-state index contributed by atoms with van der Waals surface area (Å²) in [5.41, 5.74) is 0. The fourth-order valence-corrected chi connectivity index (χ4v) is 0.650. The molecule has 0 aliphatic rings. The van der Waals surface area contributed by atoms with E-state index in [0.717, 1.165) is 18.7 Å². The van der Waals surface area contributed by atoms with Crippen LogP contribution in [0.15, 0.2) is 0 Å². The molecule has 2 N–H and O–H groups in total. The van der Waals surface area contributed by atoms with Crippen molar-refractivity contribution < 1.29 is 5.11 Å². The van der Waals surface area contributed by atoms with Crippen LogP contribution in [0.1, 0.15) is 13.3 Å². The minimum atomic E-state index is -0.190. The van der Waals surface area contributed by atoms with E-state index in [2.05, 4.69) is 17.9 Å². The molecule has 9 heavy (non-hydrogen) atoms. The van der Waals surface area contributed by atoms with Gasteiger partial charge in [0.2, 0.25) is 0 Å². The number of rotatable bonds is 5. The van der Waals surface area contributed by atoms with Crippen molar-refractivity contribution in [2.75, 3.05) is 18.8 Å². The lowest BCUT2D eigenvalue weighted by Crippen LogP contribution is -2.27. The summed E-state index contributed by atoms with van der Waals surface area (Å²) < 4.78 is 0. The SMILES string of the molecule is CC[C@@H](O)CNCCS. The van der Waals surface area contributed by atoms with Crippen molar-refractivity contribution in [3.8, 4) is 0 Å². The smallest absolute Gasteiger partial charge is 0.0662 e. The monoisotopic (exact) mass is 149 g/mol. The largest absolute Gasteiger partial charge is 0.392 e. The first kappa shape index (κ1) is 9.27. The molecule has 0 saturated carbocycles. The molecule has 0 aromatic rings. The molecule has 0 saturated heterocycles. The van der Waals surface area contributed by atoms with Crippen LogP contribution in [0.5, 0.6) is 0 Å². The van der Waals surface area contributed by atoms with Crippen LogP contribution < -0.4 is 5.32 Å². The molecule has 0 bridgehead atoms. The molecule has 0 aromatic heterocycles. The van der Waals surface area contributed by atoms with Gasteiger partial charge in [-0.2, -0.15) is 12.6 Å². The van der Waals surface area contributed by atoms with E-state index in [4.69, 9.17) is 5.11 Å². The van der Waals surface area contributed by atoms with Gasteiger partial charge in [-0.3, -0.25) is 0 Å². The lowest BCUT2D eigenvalue weighted by Gasteiger charge is -2.06. The molecule has 3 heteroatoms. The maximum Gasteiger partial charge on any atom is 0.0662 e. The van der Waals surface area contributed by atoms with Crippen LogP contribution in [0, 0.1) is 0 Å². The number of aliphatic hydroxyl groups is 1. The summed E-state index contributed by atoms with van der Waals surface area (Å²) in [6, 6.07) is 0. The van der Waals surface area contributed by atoms with Gasteiger partial charge in [0, 0.05) is 18.8 Å². The maximum absolute atomic E-state index is 9.00. The van der Waals surface area contributed by atoms with Crippen molar-refractivity contribution in [2.45, 2.75) is 19.4 Å². The van der Waals surface area contributed by atoms with Gasteiger partial charge in [0.05, 0.1) is 6.10 Å². The van der Waals surface area contributed by atoms with Crippen LogP contribution in [0.25, 0.3) is 0 Å². The number of hydrogen-bond acceptors (Lipinski definition) is 3. The molecule has 0 aromatic carbocycles. The zero-order chi connectivity index (χ0) is 7.11. The van der Waals surface area contributed by atoms with E-state index in [1.165, 1.54) is 0 Å². The molecule has 2 nitrogen and oxygen atoms in total. The second-order valence-electron chi connectivity index (χ2n) is 1.99. The first-order chi connectivity index (χ1) is 4.31. The predicted molar refractivity (Wildman–Crippen MR) is 43.0 cm³/mol. The van der Waals surface area contributed by atoms with Gasteiger partial charge < -0.3 is 10.4 Å². The molecule has 0 spiro atoms. The first-order valence-electron chi connectivity index (χ1n) is 3.31. The number of thiol groups is 1. The minimum Gasteiger partial charge on any atom is -0.392 e. The highest BCUT2D eigenvalue weighted by Gasteiger charge is 1.96. The van der Waals surface area contributed by atoms with Crippen LogP contribution in [0.4, 0.5) is 0 Å². The van der Waals surface area contributed by atoms with Gasteiger partial charge in [-0.05, 0) is 6.42 Å². The molecule has 0 rings (SSSR count). The molecule has 0 fully saturated rings. The molecule has 0 amide bonds. The second kappa shape index (κ2) is 6.39. The van der Waals surface area contributed by atoms with Crippen molar-refractivity contribution in [2.24, 2.45) is 0 Å². The number of nitrogens with one attached hydrogen (secondary N) is 1. The summed E-state index contributed by atoms with van der Waals surface area (Å²) in [7, 11) is 0. The molecule has 1 atom stereocenters. The van der Waals surface area contributed by atoms with E-state index in [1.54, 1.807) is 0 Å². The van der Waals surface area contributed by atoms with E-state index < -0.39 is 0 Å². The van der Waals surface area contributed by atoms with Crippen molar-refractivity contribution in [1.82, 2.24) is 5.32 Å². The zero-order valence-electron chi connectivity index (χ0n) is 5.80. The van der Waals surface area contributed by atoms with Gasteiger partial charge in [0.25, 0.3) is 0 Å². The van der Waals surface area contributed by atoms with Gasteiger partial charge in [-0.15, -0.1) is 0 Å². The fourth-order valence-electron chi connectivity index (χ4n) is 0.492. The number of aliphatic hydroxyl groups excluding tert-OH is 1. The average molecular weight is 149 g/mol. The van der Waals surface area contributed by atoms with E-state index >= 15 is 0 Å². The first-order valence-corrected chi connectivity index (χ1v) is 3.94. The van der Waals surface area contributed by atoms with Gasteiger partial charge in [-0.25, -0.2) is 0 Å². The van der Waals surface area contributed by atoms with Crippen molar-refractivity contribution in [1.29, 1.82) is 0 Å². The van der Waals surface area contributed by atoms with Crippen LogP contribution in [0.2, 0.25) is 0 Å². The third-order valence-corrected chi connectivity index (χ3v) is 1.36. The molecule has 0 heterocycles. The quantitative estimate of drug-likeness (QED) is 0.387. The van der Waals surface area contributed by atoms with Gasteiger partial charge in [0.15, 0.2) is 0 Å². The van der Waals surface area contributed by atoms with Crippen LogP contribution in [-0.2, 0) is 0 Å². The van der Waals surface area contributed by atoms with Gasteiger partial charge in [0.1, 0.15) is 0 Å². The van der Waals surface area contributed by atoms with Gasteiger partial charge in [-0.1, -0.05) is 6.92 Å². The van der Waals surface area contributed by atoms with Crippen molar-refractivity contribution >= 4 is 12.6 Å². The Morgan fingerprint density at radius 2 is 2.33 bits per heavy atom. The highest BCUT2D eigenvalue weighted by molar-refractivity contribution is 7.80. The molecule has 0 unspecified atom stereocenters. The summed E-state index contributed by atoms with van der Waals surface area (Å²) in [6.45, 7) is 3.53. The Morgan fingerprint density at radius 3 is 2.78 bits per heavy atom. The van der Waals surface area contributed by atoms with Gasteiger partial charge >= 0.3 is 0 Å². The lowest BCUT2D eigenvalue weighted by molar-refractivity contribution is 0.168. The molecular formula is C6H15NOS. The normalized spacial score (nSPS) is 13.7. The Hall–Kier alpha value is 0.270. The zero-order valence-corrected chi connectivity index (χ0v) is 6.69. The number of hydrogen-bond donors (Lipinski definition) is 3. The Balaban J connectivity index is 2.88. The minimum absolute atomic E-state index is 0.190. The van der Waals surface area contributed by atoms with Crippen LogP contribution >= 0.6 is 12.6 Å². The fraction of sp³-hybridized carbons (Fsp3) is 1.00. The molecule has 0 aliphatic heterocycles. The Labute approximate surface area is 62.1 Å². The molecule has 0 aliphatic carbocycles. The van der Waals surface area contributed by atoms with E-state index in [9.17, 15) is 0 Å².